The molecule has 0 spiro atoms. The number of carbonyl (C=O) groups excluding carboxylic acids is 1. The molecule has 1 fully saturated rings. The summed E-state index contributed by atoms with van der Waals surface area (Å²) >= 11 is 1.67. The maximum atomic E-state index is 12.1. The van der Waals surface area contributed by atoms with Gasteiger partial charge in [-0.3, -0.25) is 5.32 Å². The summed E-state index contributed by atoms with van der Waals surface area (Å²) in [6, 6.07) is 3.85. The van der Waals surface area contributed by atoms with Crippen molar-refractivity contribution in [3.63, 3.8) is 0 Å². The zero-order valence-electron chi connectivity index (χ0n) is 14.7. The minimum absolute atomic E-state index is 0.0318. The highest BCUT2D eigenvalue weighted by atomic mass is 32.2. The van der Waals surface area contributed by atoms with Crippen LogP contribution in [0.25, 0.3) is 5.57 Å². The smallest absolute Gasteiger partial charge is 0.413 e. The second kappa shape index (κ2) is 8.92. The largest absolute Gasteiger partial charge is 0.446 e. The predicted octanol–water partition coefficient (Wildman–Crippen LogP) is 5.55. The first kappa shape index (κ1) is 18.6. The van der Waals surface area contributed by atoms with E-state index in [0.717, 1.165) is 47.4 Å². The van der Waals surface area contributed by atoms with Crippen molar-refractivity contribution < 1.29 is 9.53 Å². The number of carbonyl (C=O) groups is 1. The minimum atomic E-state index is -0.420. The molecule has 1 heterocycles. The van der Waals surface area contributed by atoms with Crippen LogP contribution in [0.15, 0.2) is 29.7 Å². The number of pyridine rings is 1. The molecular weight excluding hydrogens is 320 g/mol. The van der Waals surface area contributed by atoms with Crippen LogP contribution in [-0.4, -0.2) is 23.4 Å². The van der Waals surface area contributed by atoms with E-state index in [4.69, 9.17) is 4.74 Å². The van der Waals surface area contributed by atoms with Gasteiger partial charge in [-0.1, -0.05) is 19.1 Å². The average molecular weight is 346 g/mol. The van der Waals surface area contributed by atoms with Crippen molar-refractivity contribution >= 4 is 29.2 Å². The van der Waals surface area contributed by atoms with Gasteiger partial charge in [-0.15, -0.1) is 11.8 Å². The first-order chi connectivity index (χ1) is 11.5. The van der Waals surface area contributed by atoms with Gasteiger partial charge in [0, 0.05) is 0 Å². The molecular formula is C19H26N2O2S. The fraction of sp³-hybridized carbons (Fsp3) is 0.474. The van der Waals surface area contributed by atoms with E-state index >= 15 is 0 Å². The summed E-state index contributed by atoms with van der Waals surface area (Å²) in [6.45, 7) is 8.01. The normalized spacial score (nSPS) is 15.9. The monoisotopic (exact) mass is 346 g/mol. The summed E-state index contributed by atoms with van der Waals surface area (Å²) in [7, 11) is 0. The molecule has 0 bridgehead atoms. The molecule has 5 heteroatoms. The van der Waals surface area contributed by atoms with Gasteiger partial charge in [0.2, 0.25) is 0 Å². The van der Waals surface area contributed by atoms with E-state index < -0.39 is 6.09 Å². The lowest BCUT2D eigenvalue weighted by Crippen LogP contribution is -2.25. The third-order valence-electron chi connectivity index (χ3n) is 4.17. The van der Waals surface area contributed by atoms with Crippen LogP contribution in [0.4, 0.5) is 10.6 Å². The fourth-order valence-corrected chi connectivity index (χ4v) is 2.93. The lowest BCUT2D eigenvalue weighted by molar-refractivity contribution is 0.0864. The number of nitrogens with one attached hydrogen (secondary N) is 1. The SMILES string of the molecule is C=C(/C=C(\C)SC)c1ccc(C)c(NC(=O)OC2CCCCC2)n1. The second-order valence-electron chi connectivity index (χ2n) is 6.14. The van der Waals surface area contributed by atoms with Crippen LogP contribution in [0.3, 0.4) is 0 Å². The Labute approximate surface area is 148 Å². The van der Waals surface area contributed by atoms with Gasteiger partial charge in [0.25, 0.3) is 0 Å². The number of hydrogen-bond donors (Lipinski definition) is 1. The Morgan fingerprint density at radius 2 is 2.08 bits per heavy atom. The van der Waals surface area contributed by atoms with E-state index in [9.17, 15) is 4.79 Å². The van der Waals surface area contributed by atoms with Gasteiger partial charge in [-0.25, -0.2) is 9.78 Å². The van der Waals surface area contributed by atoms with Gasteiger partial charge < -0.3 is 4.74 Å². The summed E-state index contributed by atoms with van der Waals surface area (Å²) < 4.78 is 5.50. The maximum absolute atomic E-state index is 12.1. The predicted molar refractivity (Wildman–Crippen MR) is 102 cm³/mol. The van der Waals surface area contributed by atoms with Crippen LogP contribution in [0.2, 0.25) is 0 Å². The fourth-order valence-electron chi connectivity index (χ4n) is 2.67. The van der Waals surface area contributed by atoms with Crippen molar-refractivity contribution in [1.29, 1.82) is 0 Å². The molecule has 1 N–H and O–H groups in total. The molecule has 1 aliphatic carbocycles. The molecule has 2 rings (SSSR count). The van der Waals surface area contributed by atoms with Crippen LogP contribution >= 0.6 is 11.8 Å². The lowest BCUT2D eigenvalue weighted by Gasteiger charge is -2.22. The maximum Gasteiger partial charge on any atom is 0.413 e. The molecule has 4 nitrogen and oxygen atoms in total. The van der Waals surface area contributed by atoms with Crippen LogP contribution < -0.4 is 5.32 Å². The summed E-state index contributed by atoms with van der Waals surface area (Å²) in [5, 5.41) is 2.78. The van der Waals surface area contributed by atoms with Crippen LogP contribution in [0.5, 0.6) is 0 Å². The molecule has 1 aromatic rings. The highest BCUT2D eigenvalue weighted by Gasteiger charge is 2.18. The van der Waals surface area contributed by atoms with Crippen LogP contribution in [0, 0.1) is 6.92 Å². The van der Waals surface area contributed by atoms with Gasteiger partial charge in [-0.2, -0.15) is 0 Å². The van der Waals surface area contributed by atoms with E-state index in [-0.39, 0.29) is 6.10 Å². The van der Waals surface area contributed by atoms with Gasteiger partial charge in [-0.05, 0) is 74.0 Å². The second-order valence-corrected chi connectivity index (χ2v) is 7.19. The average Bonchev–Trinajstić information content (AvgIpc) is 2.57. The number of hydrogen-bond acceptors (Lipinski definition) is 4. The van der Waals surface area contributed by atoms with Crippen LogP contribution in [-0.2, 0) is 4.74 Å². The van der Waals surface area contributed by atoms with Gasteiger partial charge in [0.1, 0.15) is 11.9 Å². The Hall–Kier alpha value is -1.75. The van der Waals surface area contributed by atoms with Crippen molar-refractivity contribution in [1.82, 2.24) is 4.98 Å². The summed E-state index contributed by atoms with van der Waals surface area (Å²) in [4.78, 5) is 17.8. The number of allylic oxidation sites excluding steroid dienone is 3. The molecule has 1 aromatic heterocycles. The molecule has 0 saturated heterocycles. The number of anilines is 1. The third kappa shape index (κ3) is 5.41. The number of rotatable bonds is 5. The van der Waals surface area contributed by atoms with Crippen LogP contribution in [0.1, 0.15) is 50.3 Å². The molecule has 0 radical (unpaired) electrons. The first-order valence-corrected chi connectivity index (χ1v) is 9.59. The Morgan fingerprint density at radius 1 is 1.38 bits per heavy atom. The zero-order valence-corrected chi connectivity index (χ0v) is 15.5. The van der Waals surface area contributed by atoms with Crippen molar-refractivity contribution in [3.8, 4) is 0 Å². The number of thioether (sulfide) groups is 1. The standard InChI is InChI=1S/C19H26N2O2S/c1-13-10-11-17(14(2)12-15(3)24-4)20-18(13)21-19(22)23-16-8-6-5-7-9-16/h10-12,16H,2,5-9H2,1,3-4H3,(H,20,21,22)/b15-12+. The number of ether oxygens (including phenoxy) is 1. The Kier molecular flexibility index (Phi) is 6.91. The van der Waals surface area contributed by atoms with E-state index in [2.05, 4.69) is 16.9 Å². The summed E-state index contributed by atoms with van der Waals surface area (Å²) in [5.41, 5.74) is 2.48. The lowest BCUT2D eigenvalue weighted by atomic mass is 9.98. The molecule has 130 valence electrons. The zero-order chi connectivity index (χ0) is 17.5. The third-order valence-corrected chi connectivity index (χ3v) is 4.93. The Bertz CT molecular complexity index is 634. The summed E-state index contributed by atoms with van der Waals surface area (Å²) in [5.74, 6) is 0.532. The summed E-state index contributed by atoms with van der Waals surface area (Å²) in [6.07, 6.45) is 9.03. The number of nitrogens with zero attached hydrogens (tertiary/aromatic N) is 1. The Morgan fingerprint density at radius 3 is 2.75 bits per heavy atom. The molecule has 1 aliphatic rings. The molecule has 24 heavy (non-hydrogen) atoms. The Balaban J connectivity index is 2.05. The molecule has 0 unspecified atom stereocenters. The van der Waals surface area contributed by atoms with E-state index in [0.29, 0.717) is 5.82 Å². The van der Waals surface area contributed by atoms with E-state index in [1.807, 2.05) is 38.3 Å². The van der Waals surface area contributed by atoms with Gasteiger partial charge in [0.15, 0.2) is 0 Å². The van der Waals surface area contributed by atoms with E-state index in [1.165, 1.54) is 6.42 Å². The van der Waals surface area contributed by atoms with E-state index in [1.54, 1.807) is 11.8 Å². The molecule has 1 amide bonds. The number of aromatic nitrogens is 1. The van der Waals surface area contributed by atoms with Crippen molar-refractivity contribution in [2.45, 2.75) is 52.1 Å². The molecule has 0 aliphatic heterocycles. The van der Waals surface area contributed by atoms with Crippen molar-refractivity contribution in [3.05, 3.63) is 41.0 Å². The quantitative estimate of drug-likeness (QED) is 0.710. The van der Waals surface area contributed by atoms with Crippen molar-refractivity contribution in [2.75, 3.05) is 11.6 Å². The van der Waals surface area contributed by atoms with Gasteiger partial charge in [0.05, 0.1) is 5.69 Å². The highest BCUT2D eigenvalue weighted by Crippen LogP contribution is 2.23. The molecule has 0 atom stereocenters. The minimum Gasteiger partial charge on any atom is -0.446 e. The highest BCUT2D eigenvalue weighted by molar-refractivity contribution is 8.02. The molecule has 0 aromatic carbocycles. The topological polar surface area (TPSA) is 51.2 Å². The van der Waals surface area contributed by atoms with Crippen molar-refractivity contribution in [2.24, 2.45) is 0 Å². The van der Waals surface area contributed by atoms with Gasteiger partial charge >= 0.3 is 6.09 Å². The first-order valence-electron chi connectivity index (χ1n) is 8.36. The number of aryl methyl sites for hydroxylation is 1. The molecule has 1 saturated carbocycles. The number of amides is 1.